The van der Waals surface area contributed by atoms with Gasteiger partial charge in [-0.2, -0.15) is 5.10 Å². The summed E-state index contributed by atoms with van der Waals surface area (Å²) in [5.74, 6) is 0.486. The molecule has 5 aromatic rings. The summed E-state index contributed by atoms with van der Waals surface area (Å²) in [5, 5.41) is 6.00. The van der Waals surface area contributed by atoms with E-state index < -0.39 is 0 Å². The minimum atomic E-state index is -0.309. The molecule has 9 heteroatoms. The molecule has 1 amide bonds. The van der Waals surface area contributed by atoms with Gasteiger partial charge in [-0.25, -0.2) is 19.3 Å². The van der Waals surface area contributed by atoms with Crippen LogP contribution in [0.5, 0.6) is 0 Å². The van der Waals surface area contributed by atoms with Crippen molar-refractivity contribution < 1.29 is 9.18 Å². The number of hydrogen-bond donors (Lipinski definition) is 0. The largest absolute Gasteiger partial charge is 0.352 e. The number of aryl methyl sites for hydroxylation is 1. The maximum Gasteiger partial charge on any atom is 0.254 e. The van der Waals surface area contributed by atoms with Crippen LogP contribution in [0, 0.1) is 5.82 Å². The maximum absolute atomic E-state index is 13.7. The Kier molecular flexibility index (Phi) is 5.09. The molecule has 2 aromatic carbocycles. The average molecular weight is 468 g/mol. The van der Waals surface area contributed by atoms with Gasteiger partial charge >= 0.3 is 0 Å². The molecule has 0 spiro atoms. The normalized spacial score (nSPS) is 14.1. The second-order valence-corrected chi connectivity index (χ2v) is 8.56. The lowest BCUT2D eigenvalue weighted by Crippen LogP contribution is -2.49. The van der Waals surface area contributed by atoms with Gasteiger partial charge in [0.2, 0.25) is 0 Å². The Morgan fingerprint density at radius 1 is 0.943 bits per heavy atom. The van der Waals surface area contributed by atoms with Crippen molar-refractivity contribution in [1.82, 2.24) is 29.6 Å². The second-order valence-electron chi connectivity index (χ2n) is 8.56. The number of hydrogen-bond acceptors (Lipinski definition) is 6. The van der Waals surface area contributed by atoms with Crippen LogP contribution in [0.15, 0.2) is 67.1 Å². The van der Waals surface area contributed by atoms with Crippen LogP contribution in [0.2, 0.25) is 0 Å². The molecule has 0 aliphatic carbocycles. The van der Waals surface area contributed by atoms with E-state index in [9.17, 15) is 9.18 Å². The number of pyridine rings is 1. The Balaban J connectivity index is 1.29. The van der Waals surface area contributed by atoms with Crippen LogP contribution >= 0.6 is 0 Å². The highest BCUT2D eigenvalue weighted by Crippen LogP contribution is 2.28. The third-order valence-electron chi connectivity index (χ3n) is 6.46. The molecule has 8 nitrogen and oxygen atoms in total. The number of carbonyl (C=O) groups is 1. The number of nitrogens with zero attached hydrogens (tertiary/aromatic N) is 7. The van der Waals surface area contributed by atoms with Crippen LogP contribution in [0.25, 0.3) is 33.2 Å². The number of piperazine rings is 1. The Hall–Kier alpha value is -4.40. The first-order chi connectivity index (χ1) is 17.1. The quantitative estimate of drug-likeness (QED) is 0.403. The zero-order valence-corrected chi connectivity index (χ0v) is 19.1. The Bertz CT molecular complexity index is 1560. The van der Waals surface area contributed by atoms with E-state index in [-0.39, 0.29) is 11.7 Å². The molecule has 0 N–H and O–H groups in total. The number of rotatable bonds is 3. The summed E-state index contributed by atoms with van der Waals surface area (Å²) in [6.07, 6.45) is 3.33. The monoisotopic (exact) mass is 467 g/mol. The van der Waals surface area contributed by atoms with Crippen LogP contribution < -0.4 is 4.90 Å². The molecular weight excluding hydrogens is 445 g/mol. The fourth-order valence-electron chi connectivity index (χ4n) is 4.61. The number of anilines is 1. The van der Waals surface area contributed by atoms with Crippen LogP contribution in [0.4, 0.5) is 10.2 Å². The predicted molar refractivity (Wildman–Crippen MR) is 132 cm³/mol. The van der Waals surface area contributed by atoms with E-state index in [2.05, 4.69) is 20.0 Å². The lowest BCUT2D eigenvalue weighted by atomic mass is 10.0. The van der Waals surface area contributed by atoms with Crippen molar-refractivity contribution >= 4 is 33.7 Å². The van der Waals surface area contributed by atoms with E-state index in [1.165, 1.54) is 12.1 Å². The van der Waals surface area contributed by atoms with Crippen molar-refractivity contribution in [3.8, 4) is 11.3 Å². The summed E-state index contributed by atoms with van der Waals surface area (Å²) in [6.45, 7) is 2.43. The molecule has 35 heavy (non-hydrogen) atoms. The summed E-state index contributed by atoms with van der Waals surface area (Å²) in [6, 6.07) is 15.6. The smallest absolute Gasteiger partial charge is 0.254 e. The molecule has 1 aliphatic heterocycles. The van der Waals surface area contributed by atoms with Gasteiger partial charge in [-0.3, -0.25) is 9.48 Å². The number of aromatic nitrogens is 5. The van der Waals surface area contributed by atoms with Crippen molar-refractivity contribution in [3.63, 3.8) is 0 Å². The van der Waals surface area contributed by atoms with Crippen LogP contribution in [0.1, 0.15) is 10.4 Å². The Morgan fingerprint density at radius 3 is 2.51 bits per heavy atom. The fraction of sp³-hybridized carbons (Fsp3) is 0.192. The topological polar surface area (TPSA) is 80.0 Å². The molecular formula is C26H22FN7O. The highest BCUT2D eigenvalue weighted by Gasteiger charge is 2.26. The molecule has 3 aromatic heterocycles. The minimum absolute atomic E-state index is 0.0409. The molecule has 0 saturated carbocycles. The van der Waals surface area contributed by atoms with E-state index in [0.29, 0.717) is 37.4 Å². The molecule has 0 radical (unpaired) electrons. The zero-order chi connectivity index (χ0) is 23.9. The van der Waals surface area contributed by atoms with Gasteiger partial charge in [0.1, 0.15) is 18.0 Å². The first-order valence-electron chi connectivity index (χ1n) is 11.4. The lowest BCUT2D eigenvalue weighted by Gasteiger charge is -2.35. The SMILES string of the molecule is Cn1ncc2c(N3CCN(C(=O)c4cc(-c5ccc(F)cc5)nc5ccccc45)CC3)ncnc21. The number of benzene rings is 2. The number of carbonyl (C=O) groups excluding carboxylic acids is 1. The molecule has 0 bridgehead atoms. The Labute approximate surface area is 200 Å². The molecule has 0 unspecified atom stereocenters. The summed E-state index contributed by atoms with van der Waals surface area (Å²) in [5.41, 5.74) is 3.52. The number of halogens is 1. The van der Waals surface area contributed by atoms with Gasteiger partial charge in [0.15, 0.2) is 5.65 Å². The molecule has 1 saturated heterocycles. The summed E-state index contributed by atoms with van der Waals surface area (Å²) >= 11 is 0. The van der Waals surface area contributed by atoms with Crippen molar-refractivity contribution in [3.05, 3.63) is 78.5 Å². The highest BCUT2D eigenvalue weighted by atomic mass is 19.1. The van der Waals surface area contributed by atoms with Gasteiger partial charge < -0.3 is 9.80 Å². The van der Waals surface area contributed by atoms with Crippen LogP contribution in [0.3, 0.4) is 0 Å². The maximum atomic E-state index is 13.7. The minimum Gasteiger partial charge on any atom is -0.352 e. The standard InChI is InChI=1S/C26H22FN7O/c1-32-24-21(15-30-32)25(29-16-28-24)33-10-12-34(13-11-33)26(35)20-14-23(17-6-8-18(27)9-7-17)31-22-5-3-2-4-19(20)22/h2-9,14-16H,10-13H2,1H3. The predicted octanol–water partition coefficient (Wildman–Crippen LogP) is 3.68. The molecule has 1 fully saturated rings. The number of amides is 1. The number of fused-ring (bicyclic) bond motifs is 2. The van der Waals surface area contributed by atoms with Gasteiger partial charge in [0.05, 0.1) is 28.4 Å². The lowest BCUT2D eigenvalue weighted by molar-refractivity contribution is 0.0748. The molecule has 6 rings (SSSR count). The van der Waals surface area contributed by atoms with Gasteiger partial charge in [-0.1, -0.05) is 18.2 Å². The number of para-hydroxylation sites is 1. The van der Waals surface area contributed by atoms with Crippen LogP contribution in [-0.4, -0.2) is 61.7 Å². The van der Waals surface area contributed by atoms with Gasteiger partial charge in [0, 0.05) is 44.2 Å². The van der Waals surface area contributed by atoms with Crippen molar-refractivity contribution in [2.24, 2.45) is 7.05 Å². The van der Waals surface area contributed by atoms with Crippen molar-refractivity contribution in [1.29, 1.82) is 0 Å². The van der Waals surface area contributed by atoms with Crippen molar-refractivity contribution in [2.75, 3.05) is 31.1 Å². The van der Waals surface area contributed by atoms with E-state index in [1.807, 2.05) is 42.3 Å². The first-order valence-corrected chi connectivity index (χ1v) is 11.4. The molecule has 1 aliphatic rings. The third-order valence-corrected chi connectivity index (χ3v) is 6.46. The molecule has 0 atom stereocenters. The first kappa shape index (κ1) is 21.2. The summed E-state index contributed by atoms with van der Waals surface area (Å²) in [7, 11) is 1.86. The van der Waals surface area contributed by atoms with Gasteiger partial charge in [0.25, 0.3) is 5.91 Å². The van der Waals surface area contributed by atoms with Crippen LogP contribution in [-0.2, 0) is 7.05 Å². The molecule has 4 heterocycles. The summed E-state index contributed by atoms with van der Waals surface area (Å²) in [4.78, 5) is 31.3. The fourth-order valence-corrected chi connectivity index (χ4v) is 4.61. The van der Waals surface area contributed by atoms with Crippen molar-refractivity contribution in [2.45, 2.75) is 0 Å². The van der Waals surface area contributed by atoms with Gasteiger partial charge in [-0.05, 0) is 36.4 Å². The highest BCUT2D eigenvalue weighted by molar-refractivity contribution is 6.07. The Morgan fingerprint density at radius 2 is 1.71 bits per heavy atom. The average Bonchev–Trinajstić information content (AvgIpc) is 3.29. The molecule has 174 valence electrons. The van der Waals surface area contributed by atoms with E-state index in [1.54, 1.807) is 29.3 Å². The summed E-state index contributed by atoms with van der Waals surface area (Å²) < 4.78 is 15.2. The van der Waals surface area contributed by atoms with E-state index in [0.717, 1.165) is 33.3 Å². The third kappa shape index (κ3) is 3.74. The zero-order valence-electron chi connectivity index (χ0n) is 19.1. The van der Waals surface area contributed by atoms with Gasteiger partial charge in [-0.15, -0.1) is 0 Å². The van der Waals surface area contributed by atoms with E-state index >= 15 is 0 Å². The second kappa shape index (κ2) is 8.43. The van der Waals surface area contributed by atoms with E-state index in [4.69, 9.17) is 4.98 Å².